The molecule has 0 radical (unpaired) electrons. The number of nitrogens with zero attached hydrogens (tertiary/aromatic N) is 1. The number of hydrogen-bond donors (Lipinski definition) is 1. The number of thiophene rings is 1. The third kappa shape index (κ3) is 3.46. The molecule has 0 unspecified atom stereocenters. The summed E-state index contributed by atoms with van der Waals surface area (Å²) in [5.74, 6) is -0.109. The highest BCUT2D eigenvalue weighted by molar-refractivity contribution is 7.14. The molecular weight excluding hydrogens is 348 g/mol. The third-order valence-corrected chi connectivity index (χ3v) is 6.16. The van der Waals surface area contributed by atoms with Gasteiger partial charge in [0.1, 0.15) is 6.61 Å². The predicted octanol–water partition coefficient (Wildman–Crippen LogP) is 4.62. The zero-order valence-corrected chi connectivity index (χ0v) is 15.4. The highest BCUT2D eigenvalue weighted by Crippen LogP contribution is 2.31. The molecule has 1 saturated heterocycles. The van der Waals surface area contributed by atoms with Crippen LogP contribution < -0.4 is 10.2 Å². The van der Waals surface area contributed by atoms with Crippen LogP contribution in [0, 0.1) is 0 Å². The normalized spacial score (nSPS) is 17.2. The average Bonchev–Trinajstić information content (AvgIpc) is 3.21. The minimum absolute atomic E-state index is 0.109. The van der Waals surface area contributed by atoms with Crippen molar-refractivity contribution in [3.8, 4) is 0 Å². The number of carbonyl (C=O) groups is 2. The summed E-state index contributed by atoms with van der Waals surface area (Å²) in [6.45, 7) is 0.873. The average molecular weight is 370 g/mol. The fourth-order valence-corrected chi connectivity index (χ4v) is 4.72. The van der Waals surface area contributed by atoms with Gasteiger partial charge in [-0.25, -0.2) is 4.79 Å². The van der Waals surface area contributed by atoms with E-state index in [0.29, 0.717) is 24.5 Å². The summed E-state index contributed by atoms with van der Waals surface area (Å²) >= 11 is 1.61. The quantitative estimate of drug-likeness (QED) is 0.858. The Balaban J connectivity index is 1.55. The van der Waals surface area contributed by atoms with Crippen LogP contribution in [0.15, 0.2) is 30.3 Å². The first-order valence-corrected chi connectivity index (χ1v) is 10.0. The lowest BCUT2D eigenvalue weighted by molar-refractivity contribution is 0.103. The number of benzene rings is 1. The number of ether oxygens (including phenoxy) is 1. The summed E-state index contributed by atoms with van der Waals surface area (Å²) in [4.78, 5) is 28.3. The second kappa shape index (κ2) is 7.50. The second-order valence-corrected chi connectivity index (χ2v) is 7.85. The van der Waals surface area contributed by atoms with Crippen LogP contribution in [0.25, 0.3) is 0 Å². The van der Waals surface area contributed by atoms with Crippen molar-refractivity contribution < 1.29 is 14.3 Å². The van der Waals surface area contributed by atoms with E-state index < -0.39 is 0 Å². The Bertz CT molecular complexity index is 805. The van der Waals surface area contributed by atoms with E-state index in [1.54, 1.807) is 16.2 Å². The molecule has 2 heterocycles. The van der Waals surface area contributed by atoms with Crippen molar-refractivity contribution in [1.29, 1.82) is 0 Å². The molecule has 1 aliphatic carbocycles. The molecule has 26 heavy (non-hydrogen) atoms. The van der Waals surface area contributed by atoms with Gasteiger partial charge >= 0.3 is 6.09 Å². The molecule has 5 nitrogen and oxygen atoms in total. The molecule has 2 aromatic rings. The van der Waals surface area contributed by atoms with Crippen LogP contribution in [0.5, 0.6) is 0 Å². The van der Waals surface area contributed by atoms with Gasteiger partial charge in [-0.05, 0) is 49.4 Å². The first-order valence-electron chi connectivity index (χ1n) is 9.18. The van der Waals surface area contributed by atoms with Crippen LogP contribution in [0.2, 0.25) is 0 Å². The largest absolute Gasteiger partial charge is 0.447 e. The topological polar surface area (TPSA) is 58.6 Å². The van der Waals surface area contributed by atoms with Gasteiger partial charge in [0.2, 0.25) is 0 Å². The third-order valence-electron chi connectivity index (χ3n) is 4.92. The Kier molecular flexibility index (Phi) is 4.93. The van der Waals surface area contributed by atoms with Crippen LogP contribution in [-0.2, 0) is 17.6 Å². The molecular formula is C20H22N2O3S. The molecule has 1 N–H and O–H groups in total. The Morgan fingerprint density at radius 1 is 1.12 bits per heavy atom. The molecule has 6 heteroatoms. The van der Waals surface area contributed by atoms with Gasteiger partial charge < -0.3 is 10.1 Å². The van der Waals surface area contributed by atoms with E-state index in [1.807, 2.05) is 30.3 Å². The Labute approximate surface area is 157 Å². The molecule has 0 spiro atoms. The lowest BCUT2D eigenvalue weighted by Crippen LogP contribution is -2.25. The van der Waals surface area contributed by atoms with E-state index in [4.69, 9.17) is 4.74 Å². The number of anilines is 2. The number of para-hydroxylation sites is 2. The first-order chi connectivity index (χ1) is 12.7. The maximum atomic E-state index is 12.8. The number of fused-ring (bicyclic) bond motifs is 1. The van der Waals surface area contributed by atoms with Crippen LogP contribution in [0.4, 0.5) is 16.2 Å². The van der Waals surface area contributed by atoms with Crippen molar-refractivity contribution in [3.05, 3.63) is 45.6 Å². The van der Waals surface area contributed by atoms with Crippen molar-refractivity contribution in [2.75, 3.05) is 23.4 Å². The Morgan fingerprint density at radius 2 is 1.92 bits per heavy atom. The second-order valence-electron chi connectivity index (χ2n) is 6.71. The molecule has 1 aliphatic heterocycles. The van der Waals surface area contributed by atoms with Crippen LogP contribution in [0.3, 0.4) is 0 Å². The van der Waals surface area contributed by atoms with Gasteiger partial charge in [0.15, 0.2) is 0 Å². The van der Waals surface area contributed by atoms with Gasteiger partial charge in [0.25, 0.3) is 5.91 Å². The summed E-state index contributed by atoms with van der Waals surface area (Å²) in [7, 11) is 0. The van der Waals surface area contributed by atoms with Gasteiger partial charge in [-0.15, -0.1) is 11.3 Å². The van der Waals surface area contributed by atoms with Gasteiger partial charge in [0.05, 0.1) is 22.8 Å². The van der Waals surface area contributed by atoms with E-state index in [0.717, 1.165) is 17.7 Å². The summed E-state index contributed by atoms with van der Waals surface area (Å²) < 4.78 is 5.02. The van der Waals surface area contributed by atoms with E-state index in [9.17, 15) is 9.59 Å². The molecule has 1 aromatic carbocycles. The molecule has 0 atom stereocenters. The number of cyclic esters (lactones) is 1. The number of carbonyl (C=O) groups excluding carboxylic acids is 2. The lowest BCUT2D eigenvalue weighted by atomic mass is 10.00. The molecule has 2 amide bonds. The van der Waals surface area contributed by atoms with Gasteiger partial charge in [-0.2, -0.15) is 0 Å². The standard InChI is InChI=1S/C20H22N2O3S/c23-19(18-13-14-7-3-1-2-4-10-17(14)26-18)21-15-8-5-6-9-16(15)22-11-12-25-20(22)24/h5-6,8-9,13H,1-4,7,10-12H2,(H,21,23). The van der Waals surface area contributed by atoms with Crippen molar-refractivity contribution in [3.63, 3.8) is 0 Å². The van der Waals surface area contributed by atoms with Crippen molar-refractivity contribution in [2.24, 2.45) is 0 Å². The number of nitrogens with one attached hydrogen (secondary N) is 1. The lowest BCUT2D eigenvalue weighted by Gasteiger charge is -2.17. The Hall–Kier alpha value is -2.34. The van der Waals surface area contributed by atoms with Crippen LogP contribution in [-0.4, -0.2) is 25.2 Å². The minimum Gasteiger partial charge on any atom is -0.447 e. The molecule has 136 valence electrons. The number of hydrogen-bond acceptors (Lipinski definition) is 4. The minimum atomic E-state index is -0.370. The maximum absolute atomic E-state index is 12.8. The molecule has 2 aliphatic rings. The van der Waals surface area contributed by atoms with Crippen LogP contribution in [0.1, 0.15) is 45.8 Å². The summed E-state index contributed by atoms with van der Waals surface area (Å²) in [5.41, 5.74) is 2.65. The number of rotatable bonds is 3. The van der Waals surface area contributed by atoms with Crippen molar-refractivity contribution in [1.82, 2.24) is 0 Å². The van der Waals surface area contributed by atoms with E-state index in [-0.39, 0.29) is 12.0 Å². The first kappa shape index (κ1) is 17.1. The SMILES string of the molecule is O=C(Nc1ccccc1N1CCOC1=O)c1cc2c(s1)CCCCCC2. The smallest absolute Gasteiger partial charge is 0.414 e. The fraction of sp³-hybridized carbons (Fsp3) is 0.400. The highest BCUT2D eigenvalue weighted by atomic mass is 32.1. The number of amides is 2. The van der Waals surface area contributed by atoms with Gasteiger partial charge in [-0.3, -0.25) is 9.69 Å². The predicted molar refractivity (Wildman–Crippen MR) is 103 cm³/mol. The number of aryl methyl sites for hydroxylation is 2. The van der Waals surface area contributed by atoms with Gasteiger partial charge in [-0.1, -0.05) is 25.0 Å². The highest BCUT2D eigenvalue weighted by Gasteiger charge is 2.26. The molecule has 1 fully saturated rings. The van der Waals surface area contributed by atoms with E-state index in [1.165, 1.54) is 36.1 Å². The summed E-state index contributed by atoms with van der Waals surface area (Å²) in [6, 6.07) is 9.41. The van der Waals surface area contributed by atoms with Gasteiger partial charge in [0, 0.05) is 4.88 Å². The van der Waals surface area contributed by atoms with E-state index in [2.05, 4.69) is 5.32 Å². The molecule has 1 aromatic heterocycles. The monoisotopic (exact) mass is 370 g/mol. The maximum Gasteiger partial charge on any atom is 0.414 e. The van der Waals surface area contributed by atoms with Crippen molar-refractivity contribution >= 4 is 34.7 Å². The zero-order valence-electron chi connectivity index (χ0n) is 14.6. The fourth-order valence-electron chi connectivity index (χ4n) is 3.57. The molecule has 0 bridgehead atoms. The van der Waals surface area contributed by atoms with Crippen molar-refractivity contribution in [2.45, 2.75) is 38.5 Å². The Morgan fingerprint density at radius 3 is 2.73 bits per heavy atom. The zero-order chi connectivity index (χ0) is 17.9. The molecule has 0 saturated carbocycles. The van der Waals surface area contributed by atoms with Crippen LogP contribution >= 0.6 is 11.3 Å². The summed E-state index contributed by atoms with van der Waals surface area (Å²) in [6.07, 6.45) is 6.72. The molecule has 4 rings (SSSR count). The van der Waals surface area contributed by atoms with E-state index >= 15 is 0 Å². The summed E-state index contributed by atoms with van der Waals surface area (Å²) in [5, 5.41) is 2.99.